The lowest BCUT2D eigenvalue weighted by Gasteiger charge is -2.23. The van der Waals surface area contributed by atoms with Crippen LogP contribution in [-0.4, -0.2) is 24.4 Å². The Morgan fingerprint density at radius 2 is 2.20 bits per heavy atom. The lowest BCUT2D eigenvalue weighted by atomic mass is 9.82. The fourth-order valence-corrected chi connectivity index (χ4v) is 1.51. The first kappa shape index (κ1) is 12.0. The van der Waals surface area contributed by atoms with Crippen LogP contribution in [-0.2, 0) is 14.4 Å². The van der Waals surface area contributed by atoms with Gasteiger partial charge in [-0.05, 0) is 6.42 Å². The molecule has 0 radical (unpaired) electrons. The Bertz CT molecular complexity index is 291. The van der Waals surface area contributed by atoms with Gasteiger partial charge in [-0.2, -0.15) is 0 Å². The van der Waals surface area contributed by atoms with Crippen LogP contribution >= 0.6 is 0 Å². The molecular weight excluding hydrogens is 194 g/mol. The first-order valence-electron chi connectivity index (χ1n) is 5.19. The van der Waals surface area contributed by atoms with Crippen molar-refractivity contribution in [3.63, 3.8) is 0 Å². The molecular formula is C11H19NO3. The van der Waals surface area contributed by atoms with Gasteiger partial charge in [-0.15, -0.1) is 0 Å². The lowest BCUT2D eigenvalue weighted by molar-refractivity contribution is -0.166. The fourth-order valence-electron chi connectivity index (χ4n) is 1.51. The van der Waals surface area contributed by atoms with E-state index in [-0.39, 0.29) is 11.4 Å². The third kappa shape index (κ3) is 2.13. The number of methoxy groups -OCH3 is 1. The number of esters is 1. The van der Waals surface area contributed by atoms with Gasteiger partial charge in [-0.3, -0.25) is 0 Å². The zero-order valence-electron chi connectivity index (χ0n) is 10.1. The molecule has 0 fully saturated rings. The molecule has 0 aromatic rings. The van der Waals surface area contributed by atoms with Crippen LogP contribution < -0.4 is 0 Å². The van der Waals surface area contributed by atoms with E-state index < -0.39 is 5.60 Å². The summed E-state index contributed by atoms with van der Waals surface area (Å²) in [5.74, 6) is -0.340. The summed E-state index contributed by atoms with van der Waals surface area (Å²) >= 11 is 0. The number of ether oxygens (including phenoxy) is 1. The first-order chi connectivity index (χ1) is 6.85. The van der Waals surface area contributed by atoms with Gasteiger partial charge in [0.15, 0.2) is 0 Å². The fraction of sp³-hybridized carbons (Fsp3) is 0.818. The molecule has 86 valence electrons. The Kier molecular flexibility index (Phi) is 3.07. The predicted molar refractivity (Wildman–Crippen MR) is 57.6 cm³/mol. The summed E-state index contributed by atoms with van der Waals surface area (Å²) in [5.41, 5.74) is -0.0442. The number of oxime groups is 1. The smallest absolute Gasteiger partial charge is 0.353 e. The summed E-state index contributed by atoms with van der Waals surface area (Å²) in [7, 11) is 1.37. The van der Waals surface area contributed by atoms with Crippen LogP contribution in [0.15, 0.2) is 5.16 Å². The minimum Gasteiger partial charge on any atom is -0.466 e. The molecule has 1 unspecified atom stereocenters. The van der Waals surface area contributed by atoms with E-state index in [1.807, 2.05) is 6.92 Å². The average molecular weight is 213 g/mol. The monoisotopic (exact) mass is 213 g/mol. The number of carbonyl (C=O) groups excluding carboxylic acids is 1. The maximum absolute atomic E-state index is 11.6. The van der Waals surface area contributed by atoms with Crippen LogP contribution in [0.25, 0.3) is 0 Å². The Labute approximate surface area is 90.6 Å². The van der Waals surface area contributed by atoms with Crippen molar-refractivity contribution in [1.82, 2.24) is 0 Å². The molecule has 0 saturated heterocycles. The van der Waals surface area contributed by atoms with Gasteiger partial charge < -0.3 is 9.57 Å². The van der Waals surface area contributed by atoms with Crippen LogP contribution in [0.2, 0.25) is 0 Å². The second-order valence-corrected chi connectivity index (χ2v) is 4.90. The highest BCUT2D eigenvalue weighted by Gasteiger charge is 2.48. The molecule has 0 amide bonds. The van der Waals surface area contributed by atoms with Crippen molar-refractivity contribution in [2.75, 3.05) is 7.11 Å². The molecule has 0 bridgehead atoms. The standard InChI is InChI=1S/C11H19NO3/c1-6-11(9(13)14-5)7-8(12-15-11)10(2,3)4/h6-7H2,1-5H3. The van der Waals surface area contributed by atoms with Gasteiger partial charge in [-0.1, -0.05) is 32.9 Å². The van der Waals surface area contributed by atoms with E-state index in [0.717, 1.165) is 5.71 Å². The van der Waals surface area contributed by atoms with Crippen molar-refractivity contribution in [2.45, 2.75) is 46.1 Å². The van der Waals surface area contributed by atoms with E-state index in [1.165, 1.54) is 7.11 Å². The van der Waals surface area contributed by atoms with Gasteiger partial charge in [0.05, 0.1) is 12.8 Å². The van der Waals surface area contributed by atoms with Crippen LogP contribution in [0.3, 0.4) is 0 Å². The zero-order valence-corrected chi connectivity index (χ0v) is 10.1. The molecule has 0 saturated carbocycles. The molecule has 1 heterocycles. The van der Waals surface area contributed by atoms with Gasteiger partial charge in [-0.25, -0.2) is 4.79 Å². The van der Waals surface area contributed by atoms with Crippen molar-refractivity contribution in [3.05, 3.63) is 0 Å². The molecule has 1 aliphatic heterocycles. The zero-order chi connectivity index (χ0) is 11.7. The summed E-state index contributed by atoms with van der Waals surface area (Å²) in [6.45, 7) is 8.06. The van der Waals surface area contributed by atoms with Crippen molar-refractivity contribution in [2.24, 2.45) is 10.6 Å². The van der Waals surface area contributed by atoms with Crippen LogP contribution in [0.5, 0.6) is 0 Å². The molecule has 0 N–H and O–H groups in total. The minimum absolute atomic E-state index is 0.0645. The summed E-state index contributed by atoms with van der Waals surface area (Å²) in [6.07, 6.45) is 1.10. The third-order valence-electron chi connectivity index (χ3n) is 2.78. The van der Waals surface area contributed by atoms with Crippen LogP contribution in [0, 0.1) is 5.41 Å². The molecule has 4 heteroatoms. The Morgan fingerprint density at radius 1 is 1.60 bits per heavy atom. The Hall–Kier alpha value is -1.06. The van der Waals surface area contributed by atoms with Crippen molar-refractivity contribution in [1.29, 1.82) is 0 Å². The largest absolute Gasteiger partial charge is 0.466 e. The van der Waals surface area contributed by atoms with Gasteiger partial charge >= 0.3 is 5.97 Å². The SMILES string of the molecule is CCC1(C(=O)OC)CC(C(C)(C)C)=NO1. The maximum Gasteiger partial charge on any atom is 0.353 e. The topological polar surface area (TPSA) is 47.9 Å². The molecule has 0 aromatic carbocycles. The molecule has 1 atom stereocenters. The molecule has 1 aliphatic rings. The van der Waals surface area contributed by atoms with Crippen molar-refractivity contribution < 1.29 is 14.4 Å². The molecule has 0 aliphatic carbocycles. The van der Waals surface area contributed by atoms with Gasteiger partial charge in [0.1, 0.15) is 0 Å². The Morgan fingerprint density at radius 3 is 2.53 bits per heavy atom. The van der Waals surface area contributed by atoms with E-state index >= 15 is 0 Å². The highest BCUT2D eigenvalue weighted by molar-refractivity contribution is 5.96. The Balaban J connectivity index is 2.83. The van der Waals surface area contributed by atoms with E-state index in [9.17, 15) is 4.79 Å². The summed E-state index contributed by atoms with van der Waals surface area (Å²) in [6, 6.07) is 0. The maximum atomic E-state index is 11.6. The van der Waals surface area contributed by atoms with E-state index in [4.69, 9.17) is 9.57 Å². The number of carbonyl (C=O) groups is 1. The molecule has 1 rings (SSSR count). The molecule has 4 nitrogen and oxygen atoms in total. The summed E-state index contributed by atoms with van der Waals surface area (Å²) in [4.78, 5) is 16.9. The first-order valence-corrected chi connectivity index (χ1v) is 5.19. The van der Waals surface area contributed by atoms with Crippen LogP contribution in [0.4, 0.5) is 0 Å². The van der Waals surface area contributed by atoms with Crippen LogP contribution in [0.1, 0.15) is 40.5 Å². The van der Waals surface area contributed by atoms with Gasteiger partial charge in [0.2, 0.25) is 5.60 Å². The quantitative estimate of drug-likeness (QED) is 0.660. The normalized spacial score (nSPS) is 25.8. The third-order valence-corrected chi connectivity index (χ3v) is 2.78. The highest BCUT2D eigenvalue weighted by Crippen LogP contribution is 2.34. The molecule has 0 aromatic heterocycles. The van der Waals surface area contributed by atoms with Crippen molar-refractivity contribution in [3.8, 4) is 0 Å². The number of hydrogen-bond acceptors (Lipinski definition) is 4. The number of nitrogens with zero attached hydrogens (tertiary/aromatic N) is 1. The van der Waals surface area contributed by atoms with Gasteiger partial charge in [0.25, 0.3) is 0 Å². The molecule has 15 heavy (non-hydrogen) atoms. The second kappa shape index (κ2) is 3.83. The summed E-state index contributed by atoms with van der Waals surface area (Å²) in [5, 5.41) is 4.02. The van der Waals surface area contributed by atoms with E-state index in [0.29, 0.717) is 12.8 Å². The van der Waals surface area contributed by atoms with Crippen molar-refractivity contribution >= 4 is 11.7 Å². The van der Waals surface area contributed by atoms with Gasteiger partial charge in [0, 0.05) is 11.8 Å². The summed E-state index contributed by atoms with van der Waals surface area (Å²) < 4.78 is 4.75. The number of rotatable bonds is 2. The molecule has 0 spiro atoms. The predicted octanol–water partition coefficient (Wildman–Crippen LogP) is 2.13. The minimum atomic E-state index is -0.892. The highest BCUT2D eigenvalue weighted by atomic mass is 16.7. The average Bonchev–Trinajstić information content (AvgIpc) is 2.61. The second-order valence-electron chi connectivity index (χ2n) is 4.90. The van der Waals surface area contributed by atoms with E-state index in [2.05, 4.69) is 25.9 Å². The number of hydrogen-bond donors (Lipinski definition) is 0. The lowest BCUT2D eigenvalue weighted by Crippen LogP contribution is -2.40. The van der Waals surface area contributed by atoms with E-state index in [1.54, 1.807) is 0 Å².